The van der Waals surface area contributed by atoms with Gasteiger partial charge in [0.15, 0.2) is 0 Å². The average Bonchev–Trinajstić information content (AvgIpc) is 2.97. The molecule has 0 fully saturated rings. The van der Waals surface area contributed by atoms with Crippen LogP contribution in [0.15, 0.2) is 77.6 Å². The number of aliphatic hydroxyl groups excluding tert-OH is 2. The monoisotopic (exact) mass is 612 g/mol. The van der Waals surface area contributed by atoms with Crippen LogP contribution in [0.4, 0.5) is 29.3 Å². The van der Waals surface area contributed by atoms with E-state index in [0.29, 0.717) is 22.7 Å². The molecule has 0 radical (unpaired) electrons. The maximum atomic E-state index is 13.8. The third-order valence-electron chi connectivity index (χ3n) is 6.62. The summed E-state index contributed by atoms with van der Waals surface area (Å²) in [6.07, 6.45) is -5.95. The number of halogens is 3. The molecule has 2 amide bonds. The fourth-order valence-electron chi connectivity index (χ4n) is 4.34. The number of hydrogen-bond acceptors (Lipinski definition) is 7. The Labute approximate surface area is 250 Å². The number of carbonyl (C=O) groups is 1. The van der Waals surface area contributed by atoms with Gasteiger partial charge in [-0.2, -0.15) is 13.2 Å². The van der Waals surface area contributed by atoms with Gasteiger partial charge in [-0.05, 0) is 85.1 Å². The highest BCUT2D eigenvalue weighted by molar-refractivity contribution is 5.88. The van der Waals surface area contributed by atoms with Gasteiger partial charge in [0, 0.05) is 5.69 Å². The summed E-state index contributed by atoms with van der Waals surface area (Å²) < 4.78 is 48.5. The van der Waals surface area contributed by atoms with Crippen LogP contribution < -0.4 is 26.8 Å². The minimum Gasteiger partial charge on any atom is -0.457 e. The van der Waals surface area contributed by atoms with Crippen LogP contribution in [0.3, 0.4) is 0 Å². The zero-order chi connectivity index (χ0) is 32.0. The first-order valence-corrected chi connectivity index (χ1v) is 13.4. The van der Waals surface area contributed by atoms with Gasteiger partial charge in [0.05, 0.1) is 24.4 Å². The third-order valence-corrected chi connectivity index (χ3v) is 6.62. The molecule has 6 N–H and O–H groups in total. The van der Waals surface area contributed by atoms with Crippen molar-refractivity contribution in [1.29, 1.82) is 0 Å². The number of rotatable bonds is 10. The maximum absolute atomic E-state index is 13.8. The van der Waals surface area contributed by atoms with Gasteiger partial charge in [0.2, 0.25) is 0 Å². The van der Waals surface area contributed by atoms with Crippen LogP contribution in [-0.2, 0) is 17.6 Å². The van der Waals surface area contributed by atoms with E-state index in [9.17, 15) is 27.9 Å². The second-order valence-corrected chi connectivity index (χ2v) is 10.0. The number of pyridine rings is 1. The normalized spacial score (nSPS) is 12.1. The zero-order valence-corrected chi connectivity index (χ0v) is 23.8. The first-order valence-electron chi connectivity index (χ1n) is 13.4. The molecule has 0 bridgehead atoms. The van der Waals surface area contributed by atoms with Crippen LogP contribution in [0.1, 0.15) is 22.3 Å². The van der Waals surface area contributed by atoms with Gasteiger partial charge in [0.1, 0.15) is 29.9 Å². The molecule has 0 spiro atoms. The van der Waals surface area contributed by atoms with Crippen LogP contribution in [0.25, 0.3) is 11.3 Å². The van der Waals surface area contributed by atoms with E-state index in [-0.39, 0.29) is 18.8 Å². The number of amides is 2. The molecule has 4 aromatic rings. The van der Waals surface area contributed by atoms with Crippen molar-refractivity contribution >= 4 is 17.4 Å². The van der Waals surface area contributed by atoms with E-state index >= 15 is 0 Å². The number of hydrogen-bond donors (Lipinski definition) is 5. The summed E-state index contributed by atoms with van der Waals surface area (Å²) in [6.45, 7) is 3.01. The van der Waals surface area contributed by atoms with E-state index in [1.807, 2.05) is 32.0 Å². The van der Waals surface area contributed by atoms with Gasteiger partial charge in [0.25, 0.3) is 5.56 Å². The van der Waals surface area contributed by atoms with E-state index in [4.69, 9.17) is 20.4 Å². The van der Waals surface area contributed by atoms with Crippen LogP contribution >= 0.6 is 0 Å². The quantitative estimate of drug-likeness (QED) is 0.159. The third kappa shape index (κ3) is 7.95. The molecule has 1 unspecified atom stereocenters. The zero-order valence-electron chi connectivity index (χ0n) is 23.8. The van der Waals surface area contributed by atoms with E-state index < -0.39 is 41.7 Å². The van der Waals surface area contributed by atoms with Gasteiger partial charge in [-0.15, -0.1) is 0 Å². The Kier molecular flexibility index (Phi) is 9.94. The smallest absolute Gasteiger partial charge is 0.418 e. The van der Waals surface area contributed by atoms with Gasteiger partial charge in [-0.3, -0.25) is 9.63 Å². The molecule has 1 heterocycles. The lowest BCUT2D eigenvalue weighted by molar-refractivity contribution is -0.137. The number of aliphatic hydroxyl groups is 2. The van der Waals surface area contributed by atoms with Crippen LogP contribution in [0.2, 0.25) is 0 Å². The lowest BCUT2D eigenvalue weighted by Gasteiger charge is -2.19. The predicted octanol–water partition coefficient (Wildman–Crippen LogP) is 4.98. The number of alkyl halides is 3. The van der Waals surface area contributed by atoms with Crippen molar-refractivity contribution in [2.45, 2.75) is 32.7 Å². The molecule has 1 atom stereocenters. The predicted molar refractivity (Wildman–Crippen MR) is 158 cm³/mol. The first-order chi connectivity index (χ1) is 20.8. The summed E-state index contributed by atoms with van der Waals surface area (Å²) in [7, 11) is 0. The Balaban J connectivity index is 1.54. The molecule has 232 valence electrons. The highest BCUT2D eigenvalue weighted by Gasteiger charge is 2.35. The maximum Gasteiger partial charge on any atom is 0.418 e. The van der Waals surface area contributed by atoms with Gasteiger partial charge >= 0.3 is 12.2 Å². The second-order valence-electron chi connectivity index (χ2n) is 10.0. The Bertz CT molecular complexity index is 1670. The Morgan fingerprint density at radius 2 is 1.64 bits per heavy atom. The molecule has 0 aliphatic carbocycles. The van der Waals surface area contributed by atoms with Crippen molar-refractivity contribution in [2.75, 3.05) is 24.3 Å². The van der Waals surface area contributed by atoms with Crippen molar-refractivity contribution in [3.8, 4) is 22.8 Å². The molecule has 4 rings (SSSR count). The number of urea groups is 1. The summed E-state index contributed by atoms with van der Waals surface area (Å²) in [5.41, 5.74) is 8.22. The number of hydroxylamine groups is 1. The number of benzene rings is 3. The van der Waals surface area contributed by atoms with E-state index in [1.54, 1.807) is 48.5 Å². The van der Waals surface area contributed by atoms with Crippen LogP contribution in [0, 0.1) is 13.8 Å². The van der Waals surface area contributed by atoms with Crippen molar-refractivity contribution in [1.82, 2.24) is 10.0 Å². The minimum absolute atomic E-state index is 0.0238. The van der Waals surface area contributed by atoms with Crippen molar-refractivity contribution in [2.24, 2.45) is 0 Å². The summed E-state index contributed by atoms with van der Waals surface area (Å²) in [6, 6.07) is 18.3. The van der Waals surface area contributed by atoms with Crippen molar-refractivity contribution in [3.05, 3.63) is 105 Å². The number of ether oxygens (including phenoxy) is 1. The molecule has 0 saturated carbocycles. The molecule has 0 aliphatic rings. The molecule has 3 aromatic carbocycles. The number of nitrogens with one attached hydrogen (secondary N) is 2. The number of nitrogen functional groups attached to an aromatic ring is 1. The molecule has 0 saturated heterocycles. The van der Waals surface area contributed by atoms with Gasteiger partial charge in [-0.1, -0.05) is 23.8 Å². The lowest BCUT2D eigenvalue weighted by Crippen LogP contribution is -2.32. The highest BCUT2D eigenvalue weighted by atomic mass is 19.4. The minimum atomic E-state index is -4.82. The Morgan fingerprint density at radius 1 is 1.00 bits per heavy atom. The Hall–Kier alpha value is -4.85. The summed E-state index contributed by atoms with van der Waals surface area (Å²) in [5, 5.41) is 20.5. The number of aryl methyl sites for hydroxylation is 2. The van der Waals surface area contributed by atoms with Crippen LogP contribution in [0.5, 0.6) is 11.5 Å². The fraction of sp³-hybridized carbons (Fsp3) is 0.226. The first kappa shape index (κ1) is 32.1. The second kappa shape index (κ2) is 13.6. The fourth-order valence-corrected chi connectivity index (χ4v) is 4.34. The van der Waals surface area contributed by atoms with Crippen molar-refractivity contribution in [3.63, 3.8) is 0 Å². The number of aromatic nitrogens is 1. The standard InChI is InChI=1S/C31H31F3N4O6/c1-18-3-4-21(19(2)13-18)15-38-27(14-26(31(32,33)34)28(35)29(38)41)20-5-9-24(10-6-20)44-25-11-7-22(8-12-25)36-30(42)37-43-17-23(40)16-39/h3-14,23,39-40H,15-17,35H2,1-2H3,(H2,36,37,42). The van der Waals surface area contributed by atoms with E-state index in [1.165, 1.54) is 4.57 Å². The van der Waals surface area contributed by atoms with Gasteiger partial charge < -0.3 is 30.6 Å². The SMILES string of the molecule is Cc1ccc(Cn2c(-c3ccc(Oc4ccc(NC(=O)NOCC(O)CO)cc4)cc3)cc(C(F)(F)F)c(N)c2=O)c(C)c1. The van der Waals surface area contributed by atoms with Crippen molar-refractivity contribution < 1.29 is 37.8 Å². The number of nitrogens with zero attached hydrogens (tertiary/aromatic N) is 1. The summed E-state index contributed by atoms with van der Waals surface area (Å²) in [5.74, 6) is 0.780. The highest BCUT2D eigenvalue weighted by Crippen LogP contribution is 2.35. The molecule has 10 nitrogen and oxygen atoms in total. The average molecular weight is 613 g/mol. The molecule has 13 heteroatoms. The topological polar surface area (TPSA) is 148 Å². The summed E-state index contributed by atoms with van der Waals surface area (Å²) in [4.78, 5) is 29.8. The van der Waals surface area contributed by atoms with Gasteiger partial charge in [-0.25, -0.2) is 10.3 Å². The van der Waals surface area contributed by atoms with Crippen LogP contribution in [-0.4, -0.2) is 40.1 Å². The van der Waals surface area contributed by atoms with E-state index in [2.05, 4.69) is 10.8 Å². The summed E-state index contributed by atoms with van der Waals surface area (Å²) >= 11 is 0. The molecule has 1 aromatic heterocycles. The van der Waals surface area contributed by atoms with E-state index in [0.717, 1.165) is 22.8 Å². The number of carbonyl (C=O) groups excluding carboxylic acids is 1. The molecule has 0 aliphatic heterocycles. The molecule has 44 heavy (non-hydrogen) atoms. The Morgan fingerprint density at radius 3 is 2.23 bits per heavy atom. The largest absolute Gasteiger partial charge is 0.457 e. The molecular formula is C31H31F3N4O6. The number of nitrogens with two attached hydrogens (primary N) is 1. The number of anilines is 2. The lowest BCUT2D eigenvalue weighted by atomic mass is 10.0. The molecular weight excluding hydrogens is 581 g/mol.